The number of hydrogen-bond donors (Lipinski definition) is 2. The summed E-state index contributed by atoms with van der Waals surface area (Å²) in [5, 5.41) is -0.472. The second kappa shape index (κ2) is 8.78. The van der Waals surface area contributed by atoms with E-state index in [1.165, 1.54) is 12.1 Å². The molecule has 30 heavy (non-hydrogen) atoms. The molecular weight excluding hydrogens is 433 g/mol. The van der Waals surface area contributed by atoms with Crippen LogP contribution < -0.4 is 0 Å². The van der Waals surface area contributed by atoms with Crippen LogP contribution in [0.5, 0.6) is 0 Å². The average Bonchev–Trinajstić information content (AvgIpc) is 2.72. The Balaban J connectivity index is 1.97. The van der Waals surface area contributed by atoms with Gasteiger partial charge in [-0.25, -0.2) is 0 Å². The average molecular weight is 451 g/mol. The molecule has 0 spiro atoms. The smallest absolute Gasteiger partial charge is 0.320 e. The Bertz CT molecular complexity index is 1080. The molecule has 0 fully saturated rings. The maximum Gasteiger partial charge on any atom is 0.399 e. The first-order valence-electron chi connectivity index (χ1n) is 8.98. The number of ketones is 1. The van der Waals surface area contributed by atoms with Crippen LogP contribution in [0.25, 0.3) is 0 Å². The Morgan fingerprint density at radius 2 is 1.53 bits per heavy atom. The van der Waals surface area contributed by atoms with Crippen molar-refractivity contribution in [1.29, 1.82) is 0 Å². The minimum Gasteiger partial charge on any atom is -0.320 e. The number of carbonyl (C=O) groups is 1. The summed E-state index contributed by atoms with van der Waals surface area (Å²) in [4.78, 5) is 31.0. The molecule has 156 valence electrons. The molecule has 0 saturated heterocycles. The van der Waals surface area contributed by atoms with Crippen molar-refractivity contribution >= 4 is 25.0 Å². The molecule has 1 atom stereocenters. The zero-order chi connectivity index (χ0) is 21.9. The van der Waals surface area contributed by atoms with Gasteiger partial charge in [-0.2, -0.15) is 8.78 Å². The fourth-order valence-corrected chi connectivity index (χ4v) is 4.07. The second-order valence-corrected chi connectivity index (χ2v) is 8.85. The number of benzene rings is 3. The first-order chi connectivity index (χ1) is 14.1. The third-order valence-electron chi connectivity index (χ3n) is 4.74. The summed E-state index contributed by atoms with van der Waals surface area (Å²) < 4.78 is 39.2. The molecular formula is C22H18ClF2O4P. The Kier molecular flexibility index (Phi) is 6.53. The molecule has 0 heterocycles. The van der Waals surface area contributed by atoms with Gasteiger partial charge in [-0.15, -0.1) is 0 Å². The van der Waals surface area contributed by atoms with Gasteiger partial charge in [-0.05, 0) is 23.6 Å². The molecule has 0 saturated carbocycles. The zero-order valence-electron chi connectivity index (χ0n) is 15.6. The Labute approximate surface area is 177 Å². The standard InChI is InChI=1S/C22H18ClF2O4P/c23-20-14-15(11-12-19(20)22(24,25)30(27,28)29)13-18(16-7-3-1-4-8-16)21(26)17-9-5-2-6-10-17/h1-12,14,18H,13H2,(H2,27,28,29). The summed E-state index contributed by atoms with van der Waals surface area (Å²) in [5.41, 5.74) is -3.59. The molecule has 3 rings (SSSR count). The fourth-order valence-electron chi connectivity index (χ4n) is 3.17. The van der Waals surface area contributed by atoms with E-state index in [1.807, 2.05) is 18.2 Å². The van der Waals surface area contributed by atoms with E-state index in [0.717, 1.165) is 11.6 Å². The third kappa shape index (κ3) is 4.68. The predicted molar refractivity (Wildman–Crippen MR) is 111 cm³/mol. The minimum atomic E-state index is -5.74. The number of halogens is 3. The van der Waals surface area contributed by atoms with Gasteiger partial charge in [0.2, 0.25) is 0 Å². The Morgan fingerprint density at radius 3 is 2.07 bits per heavy atom. The molecule has 3 aromatic carbocycles. The van der Waals surface area contributed by atoms with Crippen molar-refractivity contribution in [2.24, 2.45) is 0 Å². The van der Waals surface area contributed by atoms with Crippen molar-refractivity contribution in [1.82, 2.24) is 0 Å². The maximum atomic E-state index is 14.0. The van der Waals surface area contributed by atoms with Crippen molar-refractivity contribution in [2.75, 3.05) is 0 Å². The van der Waals surface area contributed by atoms with E-state index >= 15 is 0 Å². The van der Waals surface area contributed by atoms with Gasteiger partial charge in [0.05, 0.1) is 16.5 Å². The Hall–Kier alpha value is -2.37. The predicted octanol–water partition coefficient (Wildman–Crippen LogP) is 5.78. The van der Waals surface area contributed by atoms with E-state index in [0.29, 0.717) is 11.1 Å². The van der Waals surface area contributed by atoms with Crippen LogP contribution in [-0.4, -0.2) is 15.6 Å². The highest BCUT2D eigenvalue weighted by molar-refractivity contribution is 7.52. The van der Waals surface area contributed by atoms with Crippen LogP contribution in [0.3, 0.4) is 0 Å². The third-order valence-corrected chi connectivity index (χ3v) is 6.03. The largest absolute Gasteiger partial charge is 0.399 e. The minimum absolute atomic E-state index is 0.137. The number of Topliss-reactive ketones (excluding diaryl/α,β-unsaturated/α-hetero) is 1. The van der Waals surface area contributed by atoms with E-state index in [9.17, 15) is 18.1 Å². The van der Waals surface area contributed by atoms with Crippen LogP contribution >= 0.6 is 19.2 Å². The first kappa shape index (κ1) is 22.3. The van der Waals surface area contributed by atoms with E-state index in [1.54, 1.807) is 42.5 Å². The lowest BCUT2D eigenvalue weighted by atomic mass is 9.85. The maximum absolute atomic E-state index is 14.0. The summed E-state index contributed by atoms with van der Waals surface area (Å²) in [6.07, 6.45) is 0.180. The van der Waals surface area contributed by atoms with Crippen molar-refractivity contribution in [3.8, 4) is 0 Å². The number of rotatable bonds is 7. The zero-order valence-corrected chi connectivity index (χ0v) is 17.2. The monoisotopic (exact) mass is 450 g/mol. The molecule has 0 radical (unpaired) electrons. The molecule has 0 amide bonds. The molecule has 0 aliphatic rings. The molecule has 8 heteroatoms. The van der Waals surface area contributed by atoms with Gasteiger partial charge >= 0.3 is 13.3 Å². The summed E-state index contributed by atoms with van der Waals surface area (Å²) >= 11 is 5.94. The lowest BCUT2D eigenvalue weighted by molar-refractivity contribution is 0.0565. The highest BCUT2D eigenvalue weighted by Crippen LogP contribution is 2.60. The van der Waals surface area contributed by atoms with Crippen LogP contribution in [0.1, 0.15) is 33.0 Å². The summed E-state index contributed by atoms with van der Waals surface area (Å²) in [7, 11) is -5.74. The molecule has 0 aliphatic carbocycles. The van der Waals surface area contributed by atoms with Gasteiger partial charge in [0.1, 0.15) is 0 Å². The first-order valence-corrected chi connectivity index (χ1v) is 11.0. The van der Waals surface area contributed by atoms with E-state index in [2.05, 4.69) is 0 Å². The van der Waals surface area contributed by atoms with Gasteiger partial charge in [-0.1, -0.05) is 84.4 Å². The van der Waals surface area contributed by atoms with Gasteiger partial charge < -0.3 is 9.79 Å². The normalized spacial score (nSPS) is 13.1. The summed E-state index contributed by atoms with van der Waals surface area (Å²) in [6.45, 7) is 0. The molecule has 1 unspecified atom stereocenters. The van der Waals surface area contributed by atoms with Crippen LogP contribution in [0.2, 0.25) is 5.02 Å². The van der Waals surface area contributed by atoms with Crippen LogP contribution in [0.4, 0.5) is 8.78 Å². The van der Waals surface area contributed by atoms with Crippen molar-refractivity contribution < 1.29 is 27.9 Å². The number of hydrogen-bond acceptors (Lipinski definition) is 2. The van der Waals surface area contributed by atoms with Gasteiger partial charge in [0, 0.05) is 5.56 Å². The second-order valence-electron chi connectivity index (χ2n) is 6.80. The molecule has 0 aromatic heterocycles. The highest BCUT2D eigenvalue weighted by Gasteiger charge is 2.51. The number of alkyl halides is 2. The van der Waals surface area contributed by atoms with Crippen LogP contribution in [0.15, 0.2) is 78.9 Å². The van der Waals surface area contributed by atoms with Gasteiger partial charge in [0.15, 0.2) is 5.78 Å². The highest BCUT2D eigenvalue weighted by atomic mass is 35.5. The van der Waals surface area contributed by atoms with Crippen molar-refractivity contribution in [3.63, 3.8) is 0 Å². The number of carbonyl (C=O) groups excluding carboxylic acids is 1. The van der Waals surface area contributed by atoms with Gasteiger partial charge in [-0.3, -0.25) is 9.36 Å². The summed E-state index contributed by atoms with van der Waals surface area (Å²) in [5.74, 6) is -0.722. The molecule has 0 aliphatic heterocycles. The van der Waals surface area contributed by atoms with Crippen molar-refractivity contribution in [2.45, 2.75) is 18.0 Å². The van der Waals surface area contributed by atoms with E-state index in [-0.39, 0.29) is 12.2 Å². The lowest BCUT2D eigenvalue weighted by Gasteiger charge is -2.21. The lowest BCUT2D eigenvalue weighted by Crippen LogP contribution is -2.17. The van der Waals surface area contributed by atoms with E-state index in [4.69, 9.17) is 21.4 Å². The fraction of sp³-hybridized carbons (Fsp3) is 0.136. The van der Waals surface area contributed by atoms with Gasteiger partial charge in [0.25, 0.3) is 0 Å². The topological polar surface area (TPSA) is 74.6 Å². The van der Waals surface area contributed by atoms with Crippen molar-refractivity contribution in [3.05, 3.63) is 106 Å². The Morgan fingerprint density at radius 1 is 0.967 bits per heavy atom. The summed E-state index contributed by atoms with van der Waals surface area (Å²) in [6, 6.07) is 21.2. The SMILES string of the molecule is O=C(c1ccccc1)C(Cc1ccc(C(F)(F)P(=O)(O)O)c(Cl)c1)c1ccccc1. The molecule has 0 bridgehead atoms. The van der Waals surface area contributed by atoms with Crippen LogP contribution in [0, 0.1) is 0 Å². The molecule has 3 aromatic rings. The molecule has 4 nitrogen and oxygen atoms in total. The van der Waals surface area contributed by atoms with Crippen LogP contribution in [-0.2, 0) is 16.6 Å². The quantitative estimate of drug-likeness (QED) is 0.353. The van der Waals surface area contributed by atoms with E-state index < -0.39 is 29.8 Å². The molecule has 2 N–H and O–H groups in total.